The molecular weight excluding hydrogens is 339 g/mol. The predicted molar refractivity (Wildman–Crippen MR) is 73.6 cm³/mol. The average Bonchev–Trinajstić information content (AvgIpc) is 2.72. The number of carbonyl (C=O) groups is 1. The van der Waals surface area contributed by atoms with Crippen molar-refractivity contribution in [3.63, 3.8) is 0 Å². The third-order valence-electron chi connectivity index (χ3n) is 2.89. The first-order valence-electron chi connectivity index (χ1n) is 5.48. The van der Waals surface area contributed by atoms with Crippen molar-refractivity contribution in [1.29, 1.82) is 0 Å². The van der Waals surface area contributed by atoms with Crippen LogP contribution in [0.1, 0.15) is 6.42 Å². The molecule has 5 nitrogen and oxygen atoms in total. The molecule has 1 saturated heterocycles. The minimum atomic E-state index is -0.519. The molecule has 0 aromatic heterocycles. The van der Waals surface area contributed by atoms with Gasteiger partial charge < -0.3 is 4.90 Å². The lowest BCUT2D eigenvalue weighted by atomic mass is 10.1. The number of benzene rings is 1. The summed E-state index contributed by atoms with van der Waals surface area (Å²) in [5.74, 6) is -0.810. The monoisotopic (exact) mass is 346 g/mol. The van der Waals surface area contributed by atoms with Gasteiger partial charge in [0.05, 0.1) is 10.7 Å². The fourth-order valence-electron chi connectivity index (χ4n) is 2.01. The Bertz CT molecular complexity index is 576. The van der Waals surface area contributed by atoms with E-state index < -0.39 is 5.82 Å². The van der Waals surface area contributed by atoms with E-state index in [0.29, 0.717) is 16.0 Å². The van der Waals surface area contributed by atoms with E-state index in [2.05, 4.69) is 26.0 Å². The minimum absolute atomic E-state index is 0.0924. The molecule has 1 aliphatic heterocycles. The molecule has 1 aliphatic rings. The summed E-state index contributed by atoms with van der Waals surface area (Å²) < 4.78 is 14.3. The number of anilines is 1. The predicted octanol–water partition coefficient (Wildman–Crippen LogP) is 3.90. The van der Waals surface area contributed by atoms with Crippen LogP contribution in [0.4, 0.5) is 10.1 Å². The van der Waals surface area contributed by atoms with Crippen molar-refractivity contribution < 1.29 is 9.18 Å². The van der Waals surface area contributed by atoms with E-state index in [1.54, 1.807) is 0 Å². The number of azide groups is 1. The third-order valence-corrected chi connectivity index (χ3v) is 4.09. The van der Waals surface area contributed by atoms with E-state index in [4.69, 9.17) is 17.1 Å². The zero-order chi connectivity index (χ0) is 14.0. The maximum atomic E-state index is 13.9. The van der Waals surface area contributed by atoms with E-state index in [0.717, 1.165) is 0 Å². The van der Waals surface area contributed by atoms with E-state index in [1.807, 2.05) is 0 Å². The van der Waals surface area contributed by atoms with Crippen molar-refractivity contribution in [2.75, 3.05) is 18.0 Å². The van der Waals surface area contributed by atoms with Crippen molar-refractivity contribution in [3.05, 3.63) is 37.9 Å². The smallest absolute Gasteiger partial charge is 0.227 e. The second-order valence-corrected chi connectivity index (χ2v) is 5.47. The average molecular weight is 348 g/mol. The lowest BCUT2D eigenvalue weighted by Crippen LogP contribution is -2.25. The Hall–Kier alpha value is -1.30. The Kier molecular flexibility index (Phi) is 4.29. The molecule has 1 aromatic rings. The lowest BCUT2D eigenvalue weighted by Gasteiger charge is -2.18. The van der Waals surface area contributed by atoms with Gasteiger partial charge in [0.1, 0.15) is 5.82 Å². The van der Waals surface area contributed by atoms with Crippen molar-refractivity contribution in [1.82, 2.24) is 0 Å². The third kappa shape index (κ3) is 3.00. The summed E-state index contributed by atoms with van der Waals surface area (Å²) in [4.78, 5) is 15.9. The number of carbonyl (C=O) groups excluding carboxylic acids is 1. The van der Waals surface area contributed by atoms with E-state index in [1.165, 1.54) is 17.0 Å². The molecule has 100 valence electrons. The molecule has 0 bridgehead atoms. The second-order valence-electron chi connectivity index (χ2n) is 4.21. The van der Waals surface area contributed by atoms with E-state index in [-0.39, 0.29) is 30.5 Å². The molecule has 0 aliphatic carbocycles. The van der Waals surface area contributed by atoms with Gasteiger partial charge in [0.25, 0.3) is 0 Å². The van der Waals surface area contributed by atoms with Crippen LogP contribution in [0.15, 0.2) is 21.7 Å². The quantitative estimate of drug-likeness (QED) is 0.354. The van der Waals surface area contributed by atoms with Crippen molar-refractivity contribution in [2.24, 2.45) is 11.0 Å². The molecule has 1 amide bonds. The largest absolute Gasteiger partial charge is 0.309 e. The Balaban J connectivity index is 2.25. The van der Waals surface area contributed by atoms with Gasteiger partial charge in [0.2, 0.25) is 5.91 Å². The van der Waals surface area contributed by atoms with Crippen molar-refractivity contribution >= 4 is 39.1 Å². The van der Waals surface area contributed by atoms with Gasteiger partial charge in [-0.3, -0.25) is 4.79 Å². The second kappa shape index (κ2) is 5.77. The standard InChI is InChI=1S/C11H9BrClFN4O/c12-7-2-9(14)10(3-8(7)13)18-5-6(1-11(18)19)4-16-17-15/h2-3,6H,1,4-5H2. The number of halogens is 3. The van der Waals surface area contributed by atoms with Gasteiger partial charge in [0.15, 0.2) is 0 Å². The zero-order valence-corrected chi connectivity index (χ0v) is 12.0. The van der Waals surface area contributed by atoms with Gasteiger partial charge in [-0.2, -0.15) is 0 Å². The van der Waals surface area contributed by atoms with Gasteiger partial charge in [-0.1, -0.05) is 16.7 Å². The van der Waals surface area contributed by atoms with Crippen molar-refractivity contribution in [3.8, 4) is 0 Å². The SMILES string of the molecule is [N-]=[N+]=NCC1CC(=O)N(c2cc(Cl)c(Br)cc2F)C1. The first kappa shape index (κ1) is 14.1. The Labute approximate surface area is 122 Å². The van der Waals surface area contributed by atoms with Crippen LogP contribution in [0, 0.1) is 11.7 Å². The Morgan fingerprint density at radius 1 is 1.63 bits per heavy atom. The fourth-order valence-corrected chi connectivity index (χ4v) is 2.48. The van der Waals surface area contributed by atoms with Crippen LogP contribution in [0.25, 0.3) is 10.4 Å². The highest BCUT2D eigenvalue weighted by Crippen LogP contribution is 2.33. The summed E-state index contributed by atoms with van der Waals surface area (Å²) in [6, 6.07) is 2.64. The fraction of sp³-hybridized carbons (Fsp3) is 0.364. The molecule has 0 N–H and O–H groups in total. The number of hydrogen-bond acceptors (Lipinski definition) is 2. The summed E-state index contributed by atoms with van der Waals surface area (Å²) in [5.41, 5.74) is 8.42. The van der Waals surface area contributed by atoms with Gasteiger partial charge in [-0.05, 0) is 39.5 Å². The molecule has 0 saturated carbocycles. The highest BCUT2D eigenvalue weighted by molar-refractivity contribution is 9.10. The summed E-state index contributed by atoms with van der Waals surface area (Å²) in [6.45, 7) is 0.553. The summed E-state index contributed by atoms with van der Waals surface area (Å²) >= 11 is 9.03. The van der Waals surface area contributed by atoms with Crippen LogP contribution in [-0.4, -0.2) is 19.0 Å². The van der Waals surface area contributed by atoms with Crippen molar-refractivity contribution in [2.45, 2.75) is 6.42 Å². The van der Waals surface area contributed by atoms with Crippen LogP contribution >= 0.6 is 27.5 Å². The summed E-state index contributed by atoms with van der Waals surface area (Å²) in [5, 5.41) is 3.78. The molecule has 19 heavy (non-hydrogen) atoms. The van der Waals surface area contributed by atoms with Crippen LogP contribution < -0.4 is 4.90 Å². The molecule has 1 atom stereocenters. The zero-order valence-electron chi connectivity index (χ0n) is 9.68. The van der Waals surface area contributed by atoms with Crippen LogP contribution in [-0.2, 0) is 4.79 Å². The van der Waals surface area contributed by atoms with Crippen LogP contribution in [0.3, 0.4) is 0 Å². The van der Waals surface area contributed by atoms with E-state index >= 15 is 0 Å². The molecule has 1 fully saturated rings. The molecule has 1 heterocycles. The van der Waals surface area contributed by atoms with Crippen LogP contribution in [0.2, 0.25) is 5.02 Å². The Morgan fingerprint density at radius 2 is 2.37 bits per heavy atom. The first-order valence-corrected chi connectivity index (χ1v) is 6.65. The van der Waals surface area contributed by atoms with Gasteiger partial charge in [-0.15, -0.1) is 0 Å². The maximum Gasteiger partial charge on any atom is 0.227 e. The molecule has 0 radical (unpaired) electrons. The summed E-state index contributed by atoms with van der Waals surface area (Å²) in [7, 11) is 0. The molecule has 2 rings (SSSR count). The molecule has 1 unspecified atom stereocenters. The maximum absolute atomic E-state index is 13.9. The topological polar surface area (TPSA) is 69.1 Å². The summed E-state index contributed by atoms with van der Waals surface area (Å²) in [6.07, 6.45) is 0.242. The first-order chi connectivity index (χ1) is 9.02. The van der Waals surface area contributed by atoms with Gasteiger partial charge >= 0.3 is 0 Å². The normalized spacial score (nSPS) is 18.6. The Morgan fingerprint density at radius 3 is 3.05 bits per heavy atom. The molecule has 1 aromatic carbocycles. The highest BCUT2D eigenvalue weighted by Gasteiger charge is 2.31. The van der Waals surface area contributed by atoms with Gasteiger partial charge in [0, 0.05) is 28.9 Å². The molecule has 0 spiro atoms. The molecule has 8 heteroatoms. The van der Waals surface area contributed by atoms with Gasteiger partial charge in [-0.25, -0.2) is 4.39 Å². The number of rotatable bonds is 3. The molecular formula is C11H9BrClFN4O. The number of nitrogens with zero attached hydrogens (tertiary/aromatic N) is 4. The number of amides is 1. The number of hydrogen-bond donors (Lipinski definition) is 0. The van der Waals surface area contributed by atoms with Crippen LogP contribution in [0.5, 0.6) is 0 Å². The lowest BCUT2D eigenvalue weighted by molar-refractivity contribution is -0.117. The highest BCUT2D eigenvalue weighted by atomic mass is 79.9. The minimum Gasteiger partial charge on any atom is -0.309 e. The van der Waals surface area contributed by atoms with E-state index in [9.17, 15) is 9.18 Å².